The number of likely N-dealkylation sites (tertiary alicyclic amines) is 1. The average Bonchev–Trinajstić information content (AvgIpc) is 2.48. The molecule has 6 heteroatoms. The van der Waals surface area contributed by atoms with Crippen molar-refractivity contribution in [3.8, 4) is 6.07 Å². The topological polar surface area (TPSA) is 78.2 Å². The van der Waals surface area contributed by atoms with Crippen LogP contribution in [0.25, 0.3) is 0 Å². The van der Waals surface area contributed by atoms with Gasteiger partial charge in [0.15, 0.2) is 0 Å². The highest BCUT2D eigenvalue weighted by molar-refractivity contribution is 5.68. The Morgan fingerprint density at radius 1 is 1.52 bits per heavy atom. The molecule has 1 aromatic rings. The number of ether oxygens (including phenoxy) is 1. The van der Waals surface area contributed by atoms with Crippen LogP contribution < -0.4 is 5.32 Å². The van der Waals surface area contributed by atoms with Gasteiger partial charge in [0.1, 0.15) is 11.9 Å². The molecule has 1 aromatic heterocycles. The third-order valence-corrected chi connectivity index (χ3v) is 3.26. The van der Waals surface area contributed by atoms with Crippen LogP contribution in [0.2, 0.25) is 0 Å². The number of carbonyl (C=O) groups excluding carboxylic acids is 1. The van der Waals surface area contributed by atoms with Crippen LogP contribution in [0.15, 0.2) is 30.7 Å². The van der Waals surface area contributed by atoms with Gasteiger partial charge in [0.2, 0.25) is 0 Å². The number of nitrogens with one attached hydrogen (secondary N) is 1. The zero-order valence-corrected chi connectivity index (χ0v) is 12.0. The van der Waals surface area contributed by atoms with Crippen LogP contribution >= 0.6 is 0 Å². The lowest BCUT2D eigenvalue weighted by atomic mass is 10.1. The van der Waals surface area contributed by atoms with E-state index in [0.717, 1.165) is 18.7 Å². The predicted octanol–water partition coefficient (Wildman–Crippen LogP) is 2.50. The van der Waals surface area contributed by atoms with Gasteiger partial charge in [0.25, 0.3) is 0 Å². The molecule has 1 saturated heterocycles. The van der Waals surface area contributed by atoms with Crippen molar-refractivity contribution >= 4 is 11.9 Å². The Hall–Kier alpha value is -2.55. The Kier molecular flexibility index (Phi) is 4.77. The first-order chi connectivity index (χ1) is 10.1. The van der Waals surface area contributed by atoms with E-state index in [9.17, 15) is 4.79 Å². The maximum atomic E-state index is 11.7. The number of hydrogen-bond acceptors (Lipinski definition) is 5. The molecular formula is C15H18N4O2. The zero-order valence-electron chi connectivity index (χ0n) is 12.0. The van der Waals surface area contributed by atoms with Gasteiger partial charge in [-0.1, -0.05) is 6.58 Å². The summed E-state index contributed by atoms with van der Waals surface area (Å²) in [7, 11) is 0. The minimum absolute atomic E-state index is 0.263. The molecule has 0 atom stereocenters. The number of amides is 1. The van der Waals surface area contributed by atoms with Crippen molar-refractivity contribution in [1.29, 1.82) is 5.26 Å². The number of allylic oxidation sites excluding steroid dienone is 1. The standard InChI is InChI=1S/C15H18N4O2/c1-11(2)21-15(20)19-7-5-13(6-8-19)18-14-4-3-12(9-16)10-17-14/h3-4,10,13H,1,5-8H2,2H3,(H,17,18). The molecule has 0 aromatic carbocycles. The van der Waals surface area contributed by atoms with Crippen LogP contribution in [0.3, 0.4) is 0 Å². The van der Waals surface area contributed by atoms with Crippen molar-refractivity contribution in [1.82, 2.24) is 9.88 Å². The fourth-order valence-electron chi connectivity index (χ4n) is 2.17. The van der Waals surface area contributed by atoms with Gasteiger partial charge in [0.05, 0.1) is 11.3 Å². The lowest BCUT2D eigenvalue weighted by molar-refractivity contribution is 0.119. The zero-order chi connectivity index (χ0) is 15.2. The summed E-state index contributed by atoms with van der Waals surface area (Å²) in [6.45, 7) is 6.50. The number of hydrogen-bond donors (Lipinski definition) is 1. The Morgan fingerprint density at radius 3 is 2.76 bits per heavy atom. The third kappa shape index (κ3) is 4.21. The summed E-state index contributed by atoms with van der Waals surface area (Å²) in [5.74, 6) is 1.15. The molecule has 1 aliphatic rings. The van der Waals surface area contributed by atoms with E-state index in [0.29, 0.717) is 24.4 Å². The summed E-state index contributed by atoms with van der Waals surface area (Å²) in [4.78, 5) is 17.6. The first-order valence-electron chi connectivity index (χ1n) is 6.83. The van der Waals surface area contributed by atoms with Crippen LogP contribution in [0, 0.1) is 11.3 Å². The molecular weight excluding hydrogens is 268 g/mol. The first-order valence-corrected chi connectivity index (χ1v) is 6.83. The van der Waals surface area contributed by atoms with E-state index in [2.05, 4.69) is 16.9 Å². The predicted molar refractivity (Wildman–Crippen MR) is 78.5 cm³/mol. The molecule has 1 aliphatic heterocycles. The van der Waals surface area contributed by atoms with Gasteiger partial charge < -0.3 is 15.0 Å². The van der Waals surface area contributed by atoms with Gasteiger partial charge in [-0.3, -0.25) is 0 Å². The molecule has 2 heterocycles. The second-order valence-electron chi connectivity index (χ2n) is 5.02. The van der Waals surface area contributed by atoms with E-state index in [1.54, 1.807) is 30.2 Å². The first kappa shape index (κ1) is 14.9. The summed E-state index contributed by atoms with van der Waals surface area (Å²) in [5.41, 5.74) is 0.540. The molecule has 0 saturated carbocycles. The SMILES string of the molecule is C=C(C)OC(=O)N1CCC(Nc2ccc(C#N)cn2)CC1. The molecule has 1 fully saturated rings. The number of carbonyl (C=O) groups is 1. The lowest BCUT2D eigenvalue weighted by Gasteiger charge is -2.31. The van der Waals surface area contributed by atoms with Crippen LogP contribution in [-0.2, 0) is 4.74 Å². The van der Waals surface area contributed by atoms with Crippen LogP contribution in [0.5, 0.6) is 0 Å². The maximum absolute atomic E-state index is 11.7. The van der Waals surface area contributed by atoms with Gasteiger partial charge in [-0.2, -0.15) is 5.26 Å². The fourth-order valence-corrected chi connectivity index (χ4v) is 2.17. The molecule has 0 unspecified atom stereocenters. The second-order valence-corrected chi connectivity index (χ2v) is 5.02. The number of piperidine rings is 1. The quantitative estimate of drug-likeness (QED) is 0.864. The minimum atomic E-state index is -0.336. The molecule has 0 aliphatic carbocycles. The van der Waals surface area contributed by atoms with Gasteiger partial charge in [-0.15, -0.1) is 0 Å². The van der Waals surface area contributed by atoms with E-state index in [1.165, 1.54) is 0 Å². The summed E-state index contributed by atoms with van der Waals surface area (Å²) in [5, 5.41) is 12.0. The second kappa shape index (κ2) is 6.75. The molecule has 2 rings (SSSR count). The highest BCUT2D eigenvalue weighted by Crippen LogP contribution is 2.16. The van der Waals surface area contributed by atoms with Gasteiger partial charge >= 0.3 is 6.09 Å². The molecule has 110 valence electrons. The number of nitriles is 1. The van der Waals surface area contributed by atoms with Crippen LogP contribution in [-0.4, -0.2) is 35.1 Å². The fraction of sp³-hybridized carbons (Fsp3) is 0.400. The summed E-state index contributed by atoms with van der Waals surface area (Å²) in [6.07, 6.45) is 2.86. The Balaban J connectivity index is 1.82. The smallest absolute Gasteiger partial charge is 0.414 e. The van der Waals surface area contributed by atoms with E-state index in [1.807, 2.05) is 6.07 Å². The van der Waals surface area contributed by atoms with Gasteiger partial charge in [0, 0.05) is 25.3 Å². The van der Waals surface area contributed by atoms with Crippen LogP contribution in [0.4, 0.5) is 10.6 Å². The average molecular weight is 286 g/mol. The number of rotatable bonds is 3. The van der Waals surface area contributed by atoms with Crippen molar-refractivity contribution in [2.45, 2.75) is 25.8 Å². The highest BCUT2D eigenvalue weighted by Gasteiger charge is 2.24. The number of anilines is 1. The molecule has 0 radical (unpaired) electrons. The van der Waals surface area contributed by atoms with Crippen molar-refractivity contribution in [3.63, 3.8) is 0 Å². The largest absolute Gasteiger partial charge is 0.416 e. The van der Waals surface area contributed by atoms with Crippen molar-refractivity contribution in [3.05, 3.63) is 36.2 Å². The summed E-state index contributed by atoms with van der Waals surface area (Å²) < 4.78 is 5.00. The number of nitrogens with zero attached hydrogens (tertiary/aromatic N) is 3. The minimum Gasteiger partial charge on any atom is -0.416 e. The van der Waals surface area contributed by atoms with Crippen molar-refractivity contribution < 1.29 is 9.53 Å². The number of aromatic nitrogens is 1. The molecule has 21 heavy (non-hydrogen) atoms. The molecule has 0 spiro atoms. The van der Waals surface area contributed by atoms with Gasteiger partial charge in [-0.25, -0.2) is 9.78 Å². The Bertz CT molecular complexity index is 554. The van der Waals surface area contributed by atoms with Crippen molar-refractivity contribution in [2.24, 2.45) is 0 Å². The molecule has 6 nitrogen and oxygen atoms in total. The Morgan fingerprint density at radius 2 is 2.24 bits per heavy atom. The summed E-state index contributed by atoms with van der Waals surface area (Å²) in [6, 6.07) is 5.82. The third-order valence-electron chi connectivity index (χ3n) is 3.26. The van der Waals surface area contributed by atoms with E-state index < -0.39 is 0 Å². The van der Waals surface area contributed by atoms with E-state index in [-0.39, 0.29) is 12.1 Å². The molecule has 0 bridgehead atoms. The van der Waals surface area contributed by atoms with Crippen LogP contribution in [0.1, 0.15) is 25.3 Å². The van der Waals surface area contributed by atoms with E-state index >= 15 is 0 Å². The Labute approximate surface area is 124 Å². The monoisotopic (exact) mass is 286 g/mol. The number of pyridine rings is 1. The normalized spacial score (nSPS) is 15.1. The van der Waals surface area contributed by atoms with Gasteiger partial charge in [-0.05, 0) is 31.9 Å². The summed E-state index contributed by atoms with van der Waals surface area (Å²) >= 11 is 0. The van der Waals surface area contributed by atoms with E-state index in [4.69, 9.17) is 10.00 Å². The molecule has 1 N–H and O–H groups in total. The van der Waals surface area contributed by atoms with Crippen molar-refractivity contribution in [2.75, 3.05) is 18.4 Å². The lowest BCUT2D eigenvalue weighted by Crippen LogP contribution is -2.42. The molecule has 1 amide bonds. The maximum Gasteiger partial charge on any atom is 0.414 e. The highest BCUT2D eigenvalue weighted by atomic mass is 16.6.